The Morgan fingerprint density at radius 3 is 2.28 bits per heavy atom. The van der Waals surface area contributed by atoms with Gasteiger partial charge in [-0.1, -0.05) is 29.8 Å². The number of nitrogens with one attached hydrogen (secondary N) is 1. The number of halogens is 1. The molecule has 0 aromatic heterocycles. The van der Waals surface area contributed by atoms with Crippen LogP contribution in [0.5, 0.6) is 0 Å². The van der Waals surface area contributed by atoms with E-state index in [2.05, 4.69) is 5.32 Å². The molecule has 3 aromatic rings. The number of anilines is 3. The quantitative estimate of drug-likeness (QED) is 0.540. The first-order valence-corrected chi connectivity index (χ1v) is 11.0. The van der Waals surface area contributed by atoms with Crippen LogP contribution in [0.25, 0.3) is 0 Å². The molecule has 5 nitrogen and oxygen atoms in total. The van der Waals surface area contributed by atoms with Gasteiger partial charge < -0.3 is 15.1 Å². The molecule has 4 rings (SSSR count). The van der Waals surface area contributed by atoms with Crippen molar-refractivity contribution < 1.29 is 9.59 Å². The number of carbonyl (C=O) groups excluding carboxylic acids is 2. The molecule has 0 bridgehead atoms. The van der Waals surface area contributed by atoms with Crippen molar-refractivity contribution in [1.29, 1.82) is 0 Å². The van der Waals surface area contributed by atoms with Gasteiger partial charge in [-0.05, 0) is 73.5 Å². The van der Waals surface area contributed by atoms with Crippen LogP contribution in [0.3, 0.4) is 0 Å². The summed E-state index contributed by atoms with van der Waals surface area (Å²) < 4.78 is 0. The third kappa shape index (κ3) is 4.08. The van der Waals surface area contributed by atoms with Crippen LogP contribution in [0.4, 0.5) is 17.1 Å². The number of carbonyl (C=O) groups is 2. The van der Waals surface area contributed by atoms with Crippen LogP contribution in [0.2, 0.25) is 5.02 Å². The maximum Gasteiger partial charge on any atom is 0.258 e. The van der Waals surface area contributed by atoms with E-state index in [-0.39, 0.29) is 23.9 Å². The highest BCUT2D eigenvalue weighted by Gasteiger charge is 2.38. The Morgan fingerprint density at radius 2 is 1.66 bits per heavy atom. The number of rotatable bonds is 4. The maximum absolute atomic E-state index is 13.5. The first-order chi connectivity index (χ1) is 15.4. The van der Waals surface area contributed by atoms with E-state index in [1.54, 1.807) is 24.0 Å². The number of para-hydroxylation sites is 1. The van der Waals surface area contributed by atoms with Crippen molar-refractivity contribution in [1.82, 2.24) is 0 Å². The zero-order chi connectivity index (χ0) is 22.8. The summed E-state index contributed by atoms with van der Waals surface area (Å²) in [5, 5.41) is 3.70. The Hall–Kier alpha value is -3.31. The second-order valence-corrected chi connectivity index (χ2v) is 8.46. The largest absolute Gasteiger partial charge is 0.388 e. The van der Waals surface area contributed by atoms with E-state index in [1.165, 1.54) is 0 Å². The van der Waals surface area contributed by atoms with Crippen molar-refractivity contribution in [3.05, 3.63) is 88.9 Å². The third-order valence-corrected chi connectivity index (χ3v) is 6.21. The molecule has 2 amide bonds. The Labute approximate surface area is 193 Å². The Balaban J connectivity index is 1.75. The van der Waals surface area contributed by atoms with Gasteiger partial charge in [0, 0.05) is 47.7 Å². The molecule has 1 heterocycles. The molecular formula is C26H26ClN3O2. The van der Waals surface area contributed by atoms with E-state index in [0.717, 1.165) is 22.6 Å². The molecule has 0 saturated carbocycles. The highest BCUT2D eigenvalue weighted by molar-refractivity contribution is 6.30. The summed E-state index contributed by atoms with van der Waals surface area (Å²) in [4.78, 5) is 29.9. The van der Waals surface area contributed by atoms with E-state index in [0.29, 0.717) is 17.0 Å². The summed E-state index contributed by atoms with van der Waals surface area (Å²) in [5.41, 5.74) is 4.16. The molecule has 164 valence electrons. The molecule has 3 aromatic carbocycles. The average molecular weight is 448 g/mol. The van der Waals surface area contributed by atoms with Gasteiger partial charge in [-0.15, -0.1) is 0 Å². The minimum atomic E-state index is -0.185. The Bertz CT molecular complexity index is 1130. The normalized spacial score (nSPS) is 17.4. The van der Waals surface area contributed by atoms with Crippen molar-refractivity contribution in [2.75, 3.05) is 22.2 Å². The Morgan fingerprint density at radius 1 is 1.00 bits per heavy atom. The number of hydrogen-bond acceptors (Lipinski definition) is 3. The summed E-state index contributed by atoms with van der Waals surface area (Å²) in [6, 6.07) is 22.3. The van der Waals surface area contributed by atoms with Gasteiger partial charge in [-0.2, -0.15) is 0 Å². The zero-order valence-corrected chi connectivity index (χ0v) is 19.1. The molecule has 1 aliphatic heterocycles. The average Bonchev–Trinajstić information content (AvgIpc) is 2.80. The topological polar surface area (TPSA) is 52.7 Å². The molecule has 0 spiro atoms. The van der Waals surface area contributed by atoms with E-state index in [9.17, 15) is 9.59 Å². The van der Waals surface area contributed by atoms with Crippen LogP contribution < -0.4 is 15.1 Å². The molecule has 0 fully saturated rings. The van der Waals surface area contributed by atoms with Gasteiger partial charge >= 0.3 is 0 Å². The summed E-state index contributed by atoms with van der Waals surface area (Å²) in [6.45, 7) is 3.60. The van der Waals surface area contributed by atoms with Crippen molar-refractivity contribution in [3.8, 4) is 0 Å². The molecule has 0 radical (unpaired) electrons. The second-order valence-electron chi connectivity index (χ2n) is 8.03. The SMILES string of the molecule is CNc1ccc(C(=O)N2c3ccccc3C(N(C(C)=O)c3ccc(Cl)cc3)CC2C)cc1. The lowest BCUT2D eigenvalue weighted by atomic mass is 9.89. The summed E-state index contributed by atoms with van der Waals surface area (Å²) >= 11 is 6.07. The predicted octanol–water partition coefficient (Wildman–Crippen LogP) is 5.91. The van der Waals surface area contributed by atoms with Gasteiger partial charge in [0.2, 0.25) is 5.91 Å². The van der Waals surface area contributed by atoms with Crippen LogP contribution in [-0.2, 0) is 4.79 Å². The van der Waals surface area contributed by atoms with Crippen LogP contribution in [-0.4, -0.2) is 24.9 Å². The monoisotopic (exact) mass is 447 g/mol. The first-order valence-electron chi connectivity index (χ1n) is 10.7. The van der Waals surface area contributed by atoms with Crippen LogP contribution in [0, 0.1) is 0 Å². The van der Waals surface area contributed by atoms with Gasteiger partial charge in [0.05, 0.1) is 6.04 Å². The first kappa shape index (κ1) is 21.9. The molecule has 32 heavy (non-hydrogen) atoms. The third-order valence-electron chi connectivity index (χ3n) is 5.96. The van der Waals surface area contributed by atoms with Crippen molar-refractivity contribution in [3.63, 3.8) is 0 Å². The smallest absolute Gasteiger partial charge is 0.258 e. The fraction of sp³-hybridized carbons (Fsp3) is 0.231. The molecule has 1 N–H and O–H groups in total. The van der Waals surface area contributed by atoms with Crippen LogP contribution >= 0.6 is 11.6 Å². The van der Waals surface area contributed by atoms with Crippen LogP contribution in [0.15, 0.2) is 72.8 Å². The van der Waals surface area contributed by atoms with Gasteiger partial charge in [-0.25, -0.2) is 0 Å². The van der Waals surface area contributed by atoms with Gasteiger partial charge in [0.1, 0.15) is 0 Å². The minimum Gasteiger partial charge on any atom is -0.388 e. The number of benzene rings is 3. The molecule has 0 aliphatic carbocycles. The molecule has 6 heteroatoms. The Kier molecular flexibility index (Phi) is 6.19. The van der Waals surface area contributed by atoms with Crippen molar-refractivity contribution in [2.45, 2.75) is 32.4 Å². The number of fused-ring (bicyclic) bond motifs is 1. The number of hydrogen-bond donors (Lipinski definition) is 1. The maximum atomic E-state index is 13.5. The molecule has 1 aliphatic rings. The predicted molar refractivity (Wildman–Crippen MR) is 131 cm³/mol. The van der Waals surface area contributed by atoms with Gasteiger partial charge in [-0.3, -0.25) is 9.59 Å². The number of nitrogens with zero attached hydrogens (tertiary/aromatic N) is 2. The van der Waals surface area contributed by atoms with E-state index >= 15 is 0 Å². The summed E-state index contributed by atoms with van der Waals surface area (Å²) in [6.07, 6.45) is 0.625. The van der Waals surface area contributed by atoms with Gasteiger partial charge in [0.15, 0.2) is 0 Å². The fourth-order valence-electron chi connectivity index (χ4n) is 4.44. The van der Waals surface area contributed by atoms with E-state index < -0.39 is 0 Å². The van der Waals surface area contributed by atoms with E-state index in [1.807, 2.05) is 79.5 Å². The van der Waals surface area contributed by atoms with Crippen LogP contribution in [0.1, 0.15) is 42.2 Å². The fourth-order valence-corrected chi connectivity index (χ4v) is 4.56. The highest BCUT2D eigenvalue weighted by atomic mass is 35.5. The number of amides is 2. The standard InChI is InChI=1S/C26H26ClN3O2/c1-17-16-25(30(18(2)31)22-14-10-20(27)11-15-22)23-6-4-5-7-24(23)29(17)26(32)19-8-12-21(28-3)13-9-19/h4-15,17,25,28H,16H2,1-3H3. The lowest BCUT2D eigenvalue weighted by Gasteiger charge is -2.43. The van der Waals surface area contributed by atoms with Crippen molar-refractivity contribution >= 4 is 40.5 Å². The molecule has 0 saturated heterocycles. The lowest BCUT2D eigenvalue weighted by Crippen LogP contribution is -2.47. The van der Waals surface area contributed by atoms with Crippen molar-refractivity contribution in [2.24, 2.45) is 0 Å². The highest BCUT2D eigenvalue weighted by Crippen LogP contribution is 2.42. The molecular weight excluding hydrogens is 422 g/mol. The molecule has 2 unspecified atom stereocenters. The summed E-state index contributed by atoms with van der Waals surface area (Å²) in [7, 11) is 1.85. The second kappa shape index (κ2) is 9.05. The minimum absolute atomic E-state index is 0.0491. The van der Waals surface area contributed by atoms with Gasteiger partial charge in [0.25, 0.3) is 5.91 Å². The zero-order valence-electron chi connectivity index (χ0n) is 18.4. The molecule has 2 atom stereocenters. The lowest BCUT2D eigenvalue weighted by molar-refractivity contribution is -0.117. The van der Waals surface area contributed by atoms with E-state index in [4.69, 9.17) is 11.6 Å². The summed E-state index contributed by atoms with van der Waals surface area (Å²) in [5.74, 6) is -0.103.